The molecule has 13 heteroatoms. The second-order valence-corrected chi connectivity index (χ2v) is 27.3. The molecule has 2 fully saturated rings. The van der Waals surface area contributed by atoms with Crippen LogP contribution in [0.25, 0.3) is 28.0 Å². The van der Waals surface area contributed by atoms with Crippen LogP contribution in [0.2, 0.25) is 51.4 Å². The number of hydrogen-bond donors (Lipinski definition) is 1. The molecule has 50 heavy (non-hydrogen) atoms. The van der Waals surface area contributed by atoms with Gasteiger partial charge in [-0.2, -0.15) is 9.61 Å². The molecule has 2 saturated heterocycles. The number of carbonyl (C=O) groups is 1. The predicted molar refractivity (Wildman–Crippen MR) is 202 cm³/mol. The summed E-state index contributed by atoms with van der Waals surface area (Å²) >= 11 is 0. The number of hydrogen-bond acceptors (Lipinski definition) is 8. The number of nitrogens with zero attached hydrogens (tertiary/aromatic N) is 6. The molecule has 2 atom stereocenters. The first-order chi connectivity index (χ1) is 23.9. The fourth-order valence-corrected chi connectivity index (χ4v) is 8.19. The minimum atomic E-state index is -1.28. The Kier molecular flexibility index (Phi) is 11.1. The molecule has 0 saturated carbocycles. The molecule has 4 aromatic rings. The zero-order valence-electron chi connectivity index (χ0n) is 30.3. The van der Waals surface area contributed by atoms with Gasteiger partial charge in [0.25, 0.3) is 0 Å². The normalized spacial score (nSPS) is 19.6. The number of carboxylic acid groups (broad SMARTS) is 1. The average Bonchev–Trinajstić information content (AvgIpc) is 3.50. The van der Waals surface area contributed by atoms with Crippen molar-refractivity contribution in [3.05, 3.63) is 66.6 Å². The molecule has 1 aromatic carbocycles. The van der Waals surface area contributed by atoms with Crippen LogP contribution in [-0.2, 0) is 14.2 Å². The summed E-state index contributed by atoms with van der Waals surface area (Å²) in [5, 5.41) is 14.9. The SMILES string of the molecule is C[Si](C)(C)CCOCN(COCC[Si](C)(C)C)c1cc(C2CC3COCC(C2)N3C(=O)O)nc2c(-c3ccc(-c4ccccc4)nc3)cnn12. The van der Waals surface area contributed by atoms with E-state index in [0.717, 1.165) is 51.6 Å². The van der Waals surface area contributed by atoms with Crippen LogP contribution < -0.4 is 4.90 Å². The molecule has 0 radical (unpaired) electrons. The topological polar surface area (TPSA) is 115 Å². The van der Waals surface area contributed by atoms with Crippen LogP contribution in [-0.4, -0.2) is 104 Å². The monoisotopic (exact) mass is 716 g/mol. The minimum Gasteiger partial charge on any atom is -0.465 e. The van der Waals surface area contributed by atoms with E-state index in [1.54, 1.807) is 4.90 Å². The van der Waals surface area contributed by atoms with Crippen molar-refractivity contribution in [1.29, 1.82) is 0 Å². The molecule has 11 nitrogen and oxygen atoms in total. The molecule has 2 aliphatic heterocycles. The molecular formula is C37H52N6O5Si2. The Morgan fingerprint density at radius 1 is 0.900 bits per heavy atom. The van der Waals surface area contributed by atoms with Crippen molar-refractivity contribution < 1.29 is 24.1 Å². The summed E-state index contributed by atoms with van der Waals surface area (Å²) in [6, 6.07) is 18.1. The third-order valence-corrected chi connectivity index (χ3v) is 13.0. The summed E-state index contributed by atoms with van der Waals surface area (Å²) in [5.41, 5.74) is 5.40. The van der Waals surface area contributed by atoms with Gasteiger partial charge >= 0.3 is 6.09 Å². The third-order valence-electron chi connectivity index (χ3n) is 9.59. The van der Waals surface area contributed by atoms with Crippen LogP contribution >= 0.6 is 0 Å². The van der Waals surface area contributed by atoms with Crippen molar-refractivity contribution in [3.63, 3.8) is 0 Å². The summed E-state index contributed by atoms with van der Waals surface area (Å²) < 4.78 is 20.4. The van der Waals surface area contributed by atoms with Gasteiger partial charge in [-0.05, 0) is 31.0 Å². The highest BCUT2D eigenvalue weighted by Gasteiger charge is 2.43. The number of anilines is 1. The Bertz CT molecular complexity index is 1710. The number of ether oxygens (including phenoxy) is 3. The zero-order chi connectivity index (χ0) is 35.5. The van der Waals surface area contributed by atoms with E-state index in [0.29, 0.717) is 52.7 Å². The molecular weight excluding hydrogens is 665 g/mol. The molecule has 5 heterocycles. The molecule has 2 unspecified atom stereocenters. The maximum absolute atomic E-state index is 12.2. The van der Waals surface area contributed by atoms with E-state index in [1.165, 1.54) is 0 Å². The van der Waals surface area contributed by atoms with E-state index in [4.69, 9.17) is 29.3 Å². The first-order valence-electron chi connectivity index (χ1n) is 17.8. The van der Waals surface area contributed by atoms with E-state index >= 15 is 0 Å². The van der Waals surface area contributed by atoms with Crippen LogP contribution in [0.1, 0.15) is 24.5 Å². The van der Waals surface area contributed by atoms with Crippen molar-refractivity contribution in [2.24, 2.45) is 0 Å². The second-order valence-electron chi connectivity index (χ2n) is 16.1. The van der Waals surface area contributed by atoms with Gasteiger partial charge in [0, 0.05) is 69.9 Å². The number of piperidine rings is 1. The van der Waals surface area contributed by atoms with E-state index < -0.39 is 22.2 Å². The van der Waals surface area contributed by atoms with Crippen LogP contribution in [0.3, 0.4) is 0 Å². The largest absolute Gasteiger partial charge is 0.465 e. The summed E-state index contributed by atoms with van der Waals surface area (Å²) in [5.74, 6) is 0.894. The van der Waals surface area contributed by atoms with Gasteiger partial charge in [-0.1, -0.05) is 75.7 Å². The molecule has 1 N–H and O–H groups in total. The van der Waals surface area contributed by atoms with Crippen molar-refractivity contribution in [1.82, 2.24) is 24.5 Å². The Morgan fingerprint density at radius 3 is 2.10 bits per heavy atom. The average molecular weight is 717 g/mol. The fraction of sp³-hybridized carbons (Fsp3) is 0.514. The van der Waals surface area contributed by atoms with Crippen molar-refractivity contribution in [2.75, 3.05) is 44.8 Å². The van der Waals surface area contributed by atoms with Crippen molar-refractivity contribution in [3.8, 4) is 22.4 Å². The lowest BCUT2D eigenvalue weighted by molar-refractivity contribution is -0.0649. The number of aromatic nitrogens is 4. The maximum atomic E-state index is 12.2. The van der Waals surface area contributed by atoms with Crippen molar-refractivity contribution in [2.45, 2.75) is 82.2 Å². The standard InChI is InChI=1S/C37H52N6O5Si2/c1-49(2,3)16-14-46-25-41(26-47-15-17-50(4,5)6)35-20-34(29-18-30-23-48-24-31(19-29)42(30)37(44)45)40-36-32(22-39-43(35)36)28-12-13-33(38-21-28)27-10-8-7-9-11-27/h7-13,20-22,29-31H,14-19,23-26H2,1-6H3,(H,44,45). The molecule has 268 valence electrons. The van der Waals surface area contributed by atoms with Crippen LogP contribution in [0, 0.1) is 0 Å². The molecule has 0 aliphatic carbocycles. The van der Waals surface area contributed by atoms with Gasteiger partial charge in [-0.15, -0.1) is 0 Å². The number of benzene rings is 1. The quantitative estimate of drug-likeness (QED) is 0.0804. The maximum Gasteiger partial charge on any atom is 0.407 e. The first kappa shape index (κ1) is 36.2. The van der Waals surface area contributed by atoms with Crippen molar-refractivity contribution >= 4 is 33.7 Å². The van der Waals surface area contributed by atoms with Crippen LogP contribution in [0.4, 0.5) is 10.6 Å². The number of rotatable bonds is 14. The zero-order valence-corrected chi connectivity index (χ0v) is 32.3. The van der Waals surface area contributed by atoms with E-state index in [-0.39, 0.29) is 18.0 Å². The number of fused-ring (bicyclic) bond motifs is 3. The molecule has 2 bridgehead atoms. The van der Waals surface area contributed by atoms with Gasteiger partial charge in [-0.25, -0.2) is 9.78 Å². The summed E-state index contributed by atoms with van der Waals surface area (Å²) in [7, 11) is -2.56. The predicted octanol–water partition coefficient (Wildman–Crippen LogP) is 7.51. The van der Waals surface area contributed by atoms with Gasteiger partial charge in [0.05, 0.1) is 37.2 Å². The fourth-order valence-electron chi connectivity index (χ4n) is 6.68. The number of pyridine rings is 1. The Labute approximate surface area is 297 Å². The Morgan fingerprint density at radius 2 is 1.54 bits per heavy atom. The van der Waals surface area contributed by atoms with Crippen LogP contribution in [0.5, 0.6) is 0 Å². The van der Waals surface area contributed by atoms with Crippen LogP contribution in [0.15, 0.2) is 60.9 Å². The van der Waals surface area contributed by atoms with Gasteiger partial charge in [0.15, 0.2) is 5.65 Å². The third kappa shape index (κ3) is 8.80. The molecule has 2 aliphatic rings. The lowest BCUT2D eigenvalue weighted by atomic mass is 9.83. The molecule has 0 spiro atoms. The first-order valence-corrected chi connectivity index (χ1v) is 25.2. The summed E-state index contributed by atoms with van der Waals surface area (Å²) in [4.78, 5) is 26.0. The highest BCUT2D eigenvalue weighted by atomic mass is 28.3. The lowest BCUT2D eigenvalue weighted by Crippen LogP contribution is -2.58. The Balaban J connectivity index is 1.38. The van der Waals surface area contributed by atoms with E-state index in [2.05, 4.69) is 68.4 Å². The van der Waals surface area contributed by atoms with E-state index in [1.807, 2.05) is 41.2 Å². The molecule has 3 aromatic heterocycles. The van der Waals surface area contributed by atoms with E-state index in [9.17, 15) is 9.90 Å². The van der Waals surface area contributed by atoms with Gasteiger partial charge in [0.2, 0.25) is 0 Å². The lowest BCUT2D eigenvalue weighted by Gasteiger charge is -2.46. The molecule has 6 rings (SSSR count). The summed E-state index contributed by atoms with van der Waals surface area (Å²) in [6.45, 7) is 17.0. The Hall–Kier alpha value is -3.63. The second kappa shape index (κ2) is 15.3. The van der Waals surface area contributed by atoms with Gasteiger partial charge in [-0.3, -0.25) is 9.88 Å². The number of morpholine rings is 1. The summed E-state index contributed by atoms with van der Waals surface area (Å²) in [6.07, 6.45) is 4.15. The molecule has 1 amide bonds. The smallest absolute Gasteiger partial charge is 0.407 e. The highest BCUT2D eigenvalue weighted by molar-refractivity contribution is 6.76. The number of amides is 1. The van der Waals surface area contributed by atoms with Gasteiger partial charge < -0.3 is 24.2 Å². The minimum absolute atomic E-state index is 0.0528. The highest BCUT2D eigenvalue weighted by Crippen LogP contribution is 2.39. The van der Waals surface area contributed by atoms with Gasteiger partial charge in [0.1, 0.15) is 19.3 Å².